The van der Waals surface area contributed by atoms with Gasteiger partial charge in [0.1, 0.15) is 24.6 Å². The summed E-state index contributed by atoms with van der Waals surface area (Å²) in [4.78, 5) is 24.5. The number of carbonyl (C=O) groups excluding carboxylic acids is 2. The van der Waals surface area contributed by atoms with E-state index in [1.165, 1.54) is 18.2 Å². The highest BCUT2D eigenvalue weighted by molar-refractivity contribution is 14.1. The van der Waals surface area contributed by atoms with Crippen LogP contribution in [0.15, 0.2) is 53.2 Å². The molecule has 2 rings (SSSR count). The zero-order valence-electron chi connectivity index (χ0n) is 22.2. The fraction of sp³-hybridized carbons (Fsp3) is 0.407. The van der Waals surface area contributed by atoms with Crippen molar-refractivity contribution in [2.24, 2.45) is 0 Å². The third-order valence-corrected chi connectivity index (χ3v) is 6.89. The average molecular weight is 660 g/mol. The number of unbranched alkanes of at least 4 members (excludes halogenated alkanes) is 1. The first-order valence-electron chi connectivity index (χ1n) is 12.1. The van der Waals surface area contributed by atoms with Gasteiger partial charge in [0.05, 0.1) is 8.47 Å². The highest BCUT2D eigenvalue weighted by atomic mass is 127. The van der Waals surface area contributed by atoms with Gasteiger partial charge in [-0.05, 0) is 86.5 Å². The summed E-state index contributed by atoms with van der Waals surface area (Å²) in [5.74, 6) is -0.00962. The lowest BCUT2D eigenvalue weighted by molar-refractivity contribution is -0.139. The number of carbonyl (C=O) groups is 2. The second-order valence-electron chi connectivity index (χ2n) is 9.34. The van der Waals surface area contributed by atoms with Crippen molar-refractivity contribution in [1.29, 1.82) is 0 Å². The number of ether oxygens (including phenoxy) is 3. The fourth-order valence-electron chi connectivity index (χ4n) is 2.93. The van der Waals surface area contributed by atoms with Crippen LogP contribution in [0.5, 0.6) is 5.75 Å². The summed E-state index contributed by atoms with van der Waals surface area (Å²) in [5.41, 5.74) is 0.857. The number of hydrogen-bond donors (Lipinski definition) is 1. The zero-order chi connectivity index (χ0) is 28.3. The molecule has 0 atom stereocenters. The molecular weight excluding hydrogens is 625 g/mol. The lowest BCUT2D eigenvalue weighted by atomic mass is 10.2. The molecule has 0 aliphatic carbocycles. The predicted octanol–water partition coefficient (Wildman–Crippen LogP) is 5.94. The minimum Gasteiger partial charge on any atom is -0.490 e. The topological polar surface area (TPSA) is 117 Å². The number of benzene rings is 2. The van der Waals surface area contributed by atoms with Gasteiger partial charge >= 0.3 is 12.1 Å². The predicted molar refractivity (Wildman–Crippen MR) is 152 cm³/mol. The Kier molecular flexibility index (Phi) is 12.0. The van der Waals surface area contributed by atoms with Crippen LogP contribution in [0.4, 0.5) is 4.79 Å². The molecule has 0 saturated heterocycles. The van der Waals surface area contributed by atoms with E-state index in [1.807, 2.05) is 13.8 Å². The van der Waals surface area contributed by atoms with E-state index in [1.54, 1.807) is 51.1 Å². The molecule has 2 aromatic carbocycles. The van der Waals surface area contributed by atoms with Crippen LogP contribution in [0.3, 0.4) is 0 Å². The molecule has 0 heterocycles. The molecule has 0 fully saturated rings. The highest BCUT2D eigenvalue weighted by Gasteiger charge is 2.19. The first-order valence-corrected chi connectivity index (χ1v) is 14.6. The number of alkyl carbamates (subject to hydrolysis) is 1. The molecule has 1 amide bonds. The Hall–Kier alpha value is -2.64. The smallest absolute Gasteiger partial charge is 0.414 e. The molecule has 0 spiro atoms. The van der Waals surface area contributed by atoms with Crippen molar-refractivity contribution in [2.45, 2.75) is 64.4 Å². The number of rotatable bonds is 12. The second-order valence-corrected chi connectivity index (χ2v) is 12.1. The van der Waals surface area contributed by atoms with Gasteiger partial charge in [0.15, 0.2) is 0 Å². The van der Waals surface area contributed by atoms with Crippen LogP contribution < -0.4 is 10.1 Å². The van der Waals surface area contributed by atoms with E-state index >= 15 is 0 Å². The quantitative estimate of drug-likeness (QED) is 0.0979. The number of hydrogen-bond acceptors (Lipinski definition) is 8. The highest BCUT2D eigenvalue weighted by Crippen LogP contribution is 2.24. The second kappa shape index (κ2) is 14.5. The largest absolute Gasteiger partial charge is 0.490 e. The molecule has 0 aromatic heterocycles. The summed E-state index contributed by atoms with van der Waals surface area (Å²) in [7, 11) is -3.88. The van der Waals surface area contributed by atoms with Gasteiger partial charge in [-0.1, -0.05) is 37.1 Å². The molecule has 1 N–H and O–H groups in total. The third kappa shape index (κ3) is 11.4. The van der Waals surface area contributed by atoms with E-state index in [9.17, 15) is 18.0 Å². The molecule has 0 unspecified atom stereocenters. The molecule has 11 heteroatoms. The Bertz CT molecular complexity index is 1230. The molecule has 0 radical (unpaired) electrons. The number of halogens is 1. The summed E-state index contributed by atoms with van der Waals surface area (Å²) in [6.07, 6.45) is 2.48. The Morgan fingerprint density at radius 1 is 1.05 bits per heavy atom. The molecule has 2 aromatic rings. The maximum atomic E-state index is 12.3. The number of nitrogens with one attached hydrogen (secondary N) is 1. The van der Waals surface area contributed by atoms with Crippen LogP contribution in [0, 0.1) is 10.5 Å². The number of esters is 1. The Labute approximate surface area is 238 Å². The first kappa shape index (κ1) is 31.6. The molecule has 0 bridgehead atoms. The van der Waals surface area contributed by atoms with Crippen molar-refractivity contribution in [3.8, 4) is 5.75 Å². The number of aryl methyl sites for hydroxylation is 1. The van der Waals surface area contributed by atoms with Crippen molar-refractivity contribution in [2.75, 3.05) is 13.2 Å². The maximum absolute atomic E-state index is 12.3. The van der Waals surface area contributed by atoms with Gasteiger partial charge in [0.2, 0.25) is 5.88 Å². The molecule has 9 nitrogen and oxygen atoms in total. The maximum Gasteiger partial charge on any atom is 0.414 e. The molecule has 0 aliphatic rings. The molecule has 208 valence electrons. The van der Waals surface area contributed by atoms with Gasteiger partial charge in [-0.2, -0.15) is 8.42 Å². The molecule has 0 saturated carbocycles. The SMILES string of the molecule is CCCCC(=O)O/C(=C\c1ccc(OCCOS(=O)(=O)c2ccc(C)cc2)c(I)c1)NC(=O)OC(C)(C)C. The Morgan fingerprint density at radius 2 is 1.74 bits per heavy atom. The minimum absolute atomic E-state index is 0.0107. The van der Waals surface area contributed by atoms with E-state index in [4.69, 9.17) is 18.4 Å². The summed E-state index contributed by atoms with van der Waals surface area (Å²) in [5, 5.41) is 2.49. The van der Waals surface area contributed by atoms with E-state index in [-0.39, 0.29) is 30.4 Å². The normalized spacial score (nSPS) is 12.1. The van der Waals surface area contributed by atoms with E-state index in [0.717, 1.165) is 12.0 Å². The fourth-order valence-corrected chi connectivity index (χ4v) is 4.52. The summed E-state index contributed by atoms with van der Waals surface area (Å²) < 4.78 is 46.7. The zero-order valence-corrected chi connectivity index (χ0v) is 25.2. The van der Waals surface area contributed by atoms with Crippen molar-refractivity contribution >= 4 is 50.8 Å². The van der Waals surface area contributed by atoms with Crippen molar-refractivity contribution in [1.82, 2.24) is 5.32 Å². The van der Waals surface area contributed by atoms with Crippen LogP contribution in [0.25, 0.3) is 6.08 Å². The van der Waals surface area contributed by atoms with Gasteiger partial charge in [-0.25, -0.2) is 4.79 Å². The van der Waals surface area contributed by atoms with E-state index < -0.39 is 27.8 Å². The van der Waals surface area contributed by atoms with Crippen molar-refractivity contribution < 1.29 is 36.4 Å². The standard InChI is InChI=1S/C27H34INO8S/c1-6-7-8-25(30)36-24(29-26(31)37-27(3,4)5)18-20-11-14-23(22(28)17-20)34-15-16-35-38(32,33)21-12-9-19(2)10-13-21/h9-14,17-18H,6-8,15-16H2,1-5H3,(H,29,31)/b24-18-. The van der Waals surface area contributed by atoms with Crippen LogP contribution in [0.1, 0.15) is 58.1 Å². The van der Waals surface area contributed by atoms with Gasteiger partial charge in [-0.3, -0.25) is 14.3 Å². The van der Waals surface area contributed by atoms with Gasteiger partial charge in [0, 0.05) is 12.5 Å². The van der Waals surface area contributed by atoms with Crippen LogP contribution in [0.2, 0.25) is 0 Å². The Balaban J connectivity index is 2.05. The van der Waals surface area contributed by atoms with Gasteiger partial charge in [0.25, 0.3) is 10.1 Å². The summed E-state index contributed by atoms with van der Waals surface area (Å²) in [6.45, 7) is 8.87. The van der Waals surface area contributed by atoms with Gasteiger partial charge < -0.3 is 14.2 Å². The van der Waals surface area contributed by atoms with Crippen LogP contribution >= 0.6 is 22.6 Å². The van der Waals surface area contributed by atoms with Crippen LogP contribution in [-0.2, 0) is 28.6 Å². The van der Waals surface area contributed by atoms with E-state index in [0.29, 0.717) is 21.3 Å². The summed E-state index contributed by atoms with van der Waals surface area (Å²) >= 11 is 2.07. The van der Waals surface area contributed by atoms with Crippen molar-refractivity contribution in [3.63, 3.8) is 0 Å². The van der Waals surface area contributed by atoms with Gasteiger partial charge in [-0.15, -0.1) is 0 Å². The van der Waals surface area contributed by atoms with E-state index in [2.05, 4.69) is 27.9 Å². The van der Waals surface area contributed by atoms with Crippen LogP contribution in [-0.4, -0.2) is 39.3 Å². The first-order chi connectivity index (χ1) is 17.8. The molecular formula is C27H34INO8S. The summed E-state index contributed by atoms with van der Waals surface area (Å²) in [6, 6.07) is 11.5. The average Bonchev–Trinajstić information content (AvgIpc) is 2.80. The lowest BCUT2D eigenvalue weighted by Gasteiger charge is -2.20. The van der Waals surface area contributed by atoms with Crippen molar-refractivity contribution in [3.05, 3.63) is 63.0 Å². The monoisotopic (exact) mass is 659 g/mol. The number of amides is 1. The minimum atomic E-state index is -3.88. The molecule has 38 heavy (non-hydrogen) atoms. The Morgan fingerprint density at radius 3 is 2.34 bits per heavy atom. The molecule has 0 aliphatic heterocycles. The third-order valence-electron chi connectivity index (χ3n) is 4.73. The lowest BCUT2D eigenvalue weighted by Crippen LogP contribution is -2.33.